The van der Waals surface area contributed by atoms with E-state index in [0.29, 0.717) is 0 Å². The third kappa shape index (κ3) is 1.22. The largest absolute Gasteiger partial charge is 0.479 e. The van der Waals surface area contributed by atoms with Gasteiger partial charge in [-0.25, -0.2) is 4.79 Å². The van der Waals surface area contributed by atoms with Crippen LogP contribution in [0.25, 0.3) is 10.8 Å². The molecule has 0 aliphatic carbocycles. The standard InChI is InChI=1S/C13H10O3/c14-12(15)13(8-16-13)11-6-5-9-3-1-2-4-10(9)7-11/h1-7H,8H2,(H,14,15). The fourth-order valence-electron chi connectivity index (χ4n) is 1.93. The summed E-state index contributed by atoms with van der Waals surface area (Å²) in [4.78, 5) is 11.1. The summed E-state index contributed by atoms with van der Waals surface area (Å²) in [6.07, 6.45) is 0. The number of carboxylic acid groups (broad SMARTS) is 1. The van der Waals surface area contributed by atoms with E-state index in [1.807, 2.05) is 42.5 Å². The Labute approximate surface area is 92.3 Å². The van der Waals surface area contributed by atoms with E-state index in [9.17, 15) is 4.79 Å². The molecule has 1 saturated heterocycles. The number of rotatable bonds is 2. The van der Waals surface area contributed by atoms with E-state index in [4.69, 9.17) is 9.84 Å². The second-order valence-electron chi connectivity index (χ2n) is 3.98. The number of hydrogen-bond acceptors (Lipinski definition) is 2. The fraction of sp³-hybridized carbons (Fsp3) is 0.154. The van der Waals surface area contributed by atoms with Gasteiger partial charge in [0.25, 0.3) is 0 Å². The third-order valence-electron chi connectivity index (χ3n) is 2.99. The van der Waals surface area contributed by atoms with Crippen LogP contribution in [0, 0.1) is 0 Å². The van der Waals surface area contributed by atoms with Gasteiger partial charge < -0.3 is 9.84 Å². The van der Waals surface area contributed by atoms with Crippen LogP contribution in [0.1, 0.15) is 5.56 Å². The van der Waals surface area contributed by atoms with Gasteiger partial charge in [-0.2, -0.15) is 0 Å². The molecule has 3 rings (SSSR count). The molecule has 0 spiro atoms. The molecule has 0 saturated carbocycles. The van der Waals surface area contributed by atoms with Crippen molar-refractivity contribution in [3.05, 3.63) is 48.0 Å². The predicted molar refractivity (Wildman–Crippen MR) is 59.2 cm³/mol. The third-order valence-corrected chi connectivity index (χ3v) is 2.99. The van der Waals surface area contributed by atoms with Gasteiger partial charge in [0.2, 0.25) is 5.60 Å². The van der Waals surface area contributed by atoms with E-state index in [-0.39, 0.29) is 6.61 Å². The van der Waals surface area contributed by atoms with Gasteiger partial charge >= 0.3 is 5.97 Å². The predicted octanol–water partition coefficient (Wildman–Crippen LogP) is 2.15. The van der Waals surface area contributed by atoms with Crippen molar-refractivity contribution in [2.45, 2.75) is 5.60 Å². The Hall–Kier alpha value is -1.87. The first-order valence-corrected chi connectivity index (χ1v) is 5.09. The number of aliphatic carboxylic acids is 1. The summed E-state index contributed by atoms with van der Waals surface area (Å²) in [5.41, 5.74) is -0.372. The van der Waals surface area contributed by atoms with Crippen molar-refractivity contribution in [1.82, 2.24) is 0 Å². The molecule has 80 valence electrons. The molecule has 0 bridgehead atoms. The number of hydrogen-bond donors (Lipinski definition) is 1. The second-order valence-corrected chi connectivity index (χ2v) is 3.98. The molecule has 1 fully saturated rings. The molecule has 16 heavy (non-hydrogen) atoms. The van der Waals surface area contributed by atoms with Crippen LogP contribution < -0.4 is 0 Å². The first kappa shape index (κ1) is 9.36. The Morgan fingerprint density at radius 1 is 1.19 bits per heavy atom. The van der Waals surface area contributed by atoms with Crippen LogP contribution in [0.2, 0.25) is 0 Å². The highest BCUT2D eigenvalue weighted by Crippen LogP contribution is 2.39. The lowest BCUT2D eigenvalue weighted by Gasteiger charge is -2.07. The van der Waals surface area contributed by atoms with Gasteiger partial charge in [-0.3, -0.25) is 0 Å². The van der Waals surface area contributed by atoms with Crippen LogP contribution in [-0.4, -0.2) is 17.7 Å². The summed E-state index contributed by atoms with van der Waals surface area (Å²) in [5.74, 6) is -0.914. The molecule has 3 nitrogen and oxygen atoms in total. The zero-order valence-electron chi connectivity index (χ0n) is 8.51. The molecule has 0 aromatic heterocycles. The van der Waals surface area contributed by atoms with Crippen LogP contribution in [0.5, 0.6) is 0 Å². The molecule has 1 heterocycles. The summed E-state index contributed by atoms with van der Waals surface area (Å²) >= 11 is 0. The van der Waals surface area contributed by atoms with Gasteiger partial charge in [-0.05, 0) is 22.4 Å². The van der Waals surface area contributed by atoms with E-state index in [1.165, 1.54) is 0 Å². The molecule has 1 atom stereocenters. The monoisotopic (exact) mass is 214 g/mol. The molecule has 1 unspecified atom stereocenters. The first-order chi connectivity index (χ1) is 7.72. The van der Waals surface area contributed by atoms with Gasteiger partial charge in [0.05, 0.1) is 6.61 Å². The number of carboxylic acids is 1. The molecule has 1 N–H and O–H groups in total. The van der Waals surface area contributed by atoms with Crippen LogP contribution >= 0.6 is 0 Å². The minimum absolute atomic E-state index is 0.265. The van der Waals surface area contributed by atoms with Crippen molar-refractivity contribution >= 4 is 16.7 Å². The minimum atomic E-state index is -1.09. The van der Waals surface area contributed by atoms with Crippen LogP contribution in [0.15, 0.2) is 42.5 Å². The lowest BCUT2D eigenvalue weighted by Crippen LogP contribution is -2.21. The zero-order chi connectivity index (χ0) is 11.2. The molecule has 2 aromatic rings. The van der Waals surface area contributed by atoms with Crippen molar-refractivity contribution in [1.29, 1.82) is 0 Å². The van der Waals surface area contributed by atoms with Gasteiger partial charge in [0, 0.05) is 0 Å². The highest BCUT2D eigenvalue weighted by atomic mass is 16.6. The maximum atomic E-state index is 11.1. The smallest absolute Gasteiger partial charge is 0.343 e. The molecular formula is C13H10O3. The van der Waals surface area contributed by atoms with E-state index in [0.717, 1.165) is 16.3 Å². The highest BCUT2D eigenvalue weighted by molar-refractivity contribution is 5.87. The quantitative estimate of drug-likeness (QED) is 0.779. The van der Waals surface area contributed by atoms with Crippen LogP contribution in [0.3, 0.4) is 0 Å². The molecule has 0 radical (unpaired) electrons. The number of fused-ring (bicyclic) bond motifs is 1. The Morgan fingerprint density at radius 3 is 2.50 bits per heavy atom. The summed E-state index contributed by atoms with van der Waals surface area (Å²) in [5, 5.41) is 11.2. The highest BCUT2D eigenvalue weighted by Gasteiger charge is 2.54. The minimum Gasteiger partial charge on any atom is -0.479 e. The van der Waals surface area contributed by atoms with Crippen molar-refractivity contribution in [2.24, 2.45) is 0 Å². The fourth-order valence-corrected chi connectivity index (χ4v) is 1.93. The molecule has 3 heteroatoms. The number of benzene rings is 2. The average Bonchev–Trinajstić information content (AvgIpc) is 3.09. The number of carbonyl (C=O) groups is 1. The Bertz CT molecular complexity index is 570. The van der Waals surface area contributed by atoms with E-state index in [1.54, 1.807) is 0 Å². The lowest BCUT2D eigenvalue weighted by atomic mass is 9.97. The van der Waals surface area contributed by atoms with Gasteiger partial charge in [-0.1, -0.05) is 36.4 Å². The topological polar surface area (TPSA) is 49.8 Å². The Kier molecular flexibility index (Phi) is 1.79. The zero-order valence-corrected chi connectivity index (χ0v) is 8.51. The van der Waals surface area contributed by atoms with Crippen molar-refractivity contribution < 1.29 is 14.6 Å². The van der Waals surface area contributed by atoms with E-state index in [2.05, 4.69) is 0 Å². The molecule has 1 aliphatic rings. The molecular weight excluding hydrogens is 204 g/mol. The maximum absolute atomic E-state index is 11.1. The van der Waals surface area contributed by atoms with Crippen molar-refractivity contribution in [2.75, 3.05) is 6.61 Å². The van der Waals surface area contributed by atoms with E-state index < -0.39 is 11.6 Å². The summed E-state index contributed by atoms with van der Waals surface area (Å²) in [6.45, 7) is 0.265. The van der Waals surface area contributed by atoms with Crippen LogP contribution in [-0.2, 0) is 15.1 Å². The van der Waals surface area contributed by atoms with E-state index >= 15 is 0 Å². The summed E-state index contributed by atoms with van der Waals surface area (Å²) < 4.78 is 5.09. The molecule has 2 aromatic carbocycles. The molecule has 0 amide bonds. The average molecular weight is 214 g/mol. The second kappa shape index (κ2) is 3.06. The van der Waals surface area contributed by atoms with Crippen molar-refractivity contribution in [3.8, 4) is 0 Å². The summed E-state index contributed by atoms with van der Waals surface area (Å²) in [6, 6.07) is 13.5. The summed E-state index contributed by atoms with van der Waals surface area (Å²) in [7, 11) is 0. The van der Waals surface area contributed by atoms with Gasteiger partial charge in [-0.15, -0.1) is 0 Å². The Balaban J connectivity index is 2.16. The Morgan fingerprint density at radius 2 is 1.88 bits per heavy atom. The number of epoxide rings is 1. The SMILES string of the molecule is O=C(O)C1(c2ccc3ccccc3c2)CO1. The first-order valence-electron chi connectivity index (χ1n) is 5.09. The maximum Gasteiger partial charge on any atom is 0.343 e. The van der Waals surface area contributed by atoms with Crippen LogP contribution in [0.4, 0.5) is 0 Å². The molecule has 1 aliphatic heterocycles. The normalized spacial score (nSPS) is 23.2. The van der Waals surface area contributed by atoms with Gasteiger partial charge in [0.1, 0.15) is 0 Å². The lowest BCUT2D eigenvalue weighted by molar-refractivity contribution is -0.143. The van der Waals surface area contributed by atoms with Crippen molar-refractivity contribution in [3.63, 3.8) is 0 Å². The van der Waals surface area contributed by atoms with Gasteiger partial charge in [0.15, 0.2) is 0 Å². The number of ether oxygens (including phenoxy) is 1.